The Labute approximate surface area is 166 Å². The smallest absolute Gasteiger partial charge is 0.240 e. The van der Waals surface area contributed by atoms with Gasteiger partial charge in [-0.3, -0.25) is 9.59 Å². The molecule has 1 aliphatic heterocycles. The number of amidine groups is 1. The van der Waals surface area contributed by atoms with Gasteiger partial charge in [0.15, 0.2) is 5.17 Å². The van der Waals surface area contributed by atoms with Crippen molar-refractivity contribution < 1.29 is 18.7 Å². The fraction of sp³-hybridized carbons (Fsp3) is 0.250. The number of hydrogen-bond donors (Lipinski definition) is 2. The highest BCUT2D eigenvalue weighted by Gasteiger charge is 2.32. The lowest BCUT2D eigenvalue weighted by Crippen LogP contribution is -2.28. The number of nitrogens with one attached hydrogen (secondary N) is 2. The standard InChI is InChI=1S/C20H20FN3O3S/c1-2-11-27-16-6-4-3-5-15(16)23-18(25)12-17-19(26)24-20(28-17)22-14-9-7-13(21)8-10-14/h3-10,17H,2,11-12H2,1H3,(H,23,25)(H,22,24,26)/t17-/m0/s1. The number of thioether (sulfide) groups is 1. The van der Waals surface area contributed by atoms with Crippen LogP contribution >= 0.6 is 11.8 Å². The number of amides is 2. The lowest BCUT2D eigenvalue weighted by atomic mass is 10.2. The Hall–Kier alpha value is -2.87. The van der Waals surface area contributed by atoms with E-state index < -0.39 is 5.25 Å². The predicted molar refractivity (Wildman–Crippen MR) is 108 cm³/mol. The first-order valence-corrected chi connectivity index (χ1v) is 9.76. The summed E-state index contributed by atoms with van der Waals surface area (Å²) in [4.78, 5) is 28.8. The zero-order valence-electron chi connectivity index (χ0n) is 15.3. The van der Waals surface area contributed by atoms with Crippen molar-refractivity contribution >= 4 is 40.1 Å². The first-order valence-electron chi connectivity index (χ1n) is 8.88. The van der Waals surface area contributed by atoms with E-state index in [0.717, 1.165) is 6.42 Å². The molecular formula is C20H20FN3O3S. The molecule has 0 bridgehead atoms. The molecule has 1 aliphatic rings. The third-order valence-electron chi connectivity index (χ3n) is 3.83. The molecule has 1 saturated heterocycles. The number of para-hydroxylation sites is 2. The van der Waals surface area contributed by atoms with Gasteiger partial charge >= 0.3 is 0 Å². The Bertz CT molecular complexity index is 887. The van der Waals surface area contributed by atoms with Crippen molar-refractivity contribution in [2.24, 2.45) is 4.99 Å². The van der Waals surface area contributed by atoms with E-state index in [1.807, 2.05) is 13.0 Å². The quantitative estimate of drug-likeness (QED) is 0.738. The second kappa shape index (κ2) is 9.36. The summed E-state index contributed by atoms with van der Waals surface area (Å²) in [6.07, 6.45) is 0.860. The second-order valence-corrected chi connectivity index (χ2v) is 7.28. The minimum Gasteiger partial charge on any atom is -0.491 e. The van der Waals surface area contributed by atoms with Crippen LogP contribution in [-0.2, 0) is 9.59 Å². The van der Waals surface area contributed by atoms with Crippen LogP contribution in [0.25, 0.3) is 0 Å². The summed E-state index contributed by atoms with van der Waals surface area (Å²) in [5, 5.41) is 5.26. The molecule has 0 unspecified atom stereocenters. The number of anilines is 1. The van der Waals surface area contributed by atoms with E-state index in [1.54, 1.807) is 18.2 Å². The van der Waals surface area contributed by atoms with Crippen molar-refractivity contribution in [3.63, 3.8) is 0 Å². The summed E-state index contributed by atoms with van der Waals surface area (Å²) in [6.45, 7) is 2.55. The fourth-order valence-corrected chi connectivity index (χ4v) is 3.49. The van der Waals surface area contributed by atoms with E-state index in [-0.39, 0.29) is 24.1 Å². The summed E-state index contributed by atoms with van der Waals surface area (Å²) in [5.74, 6) is -0.329. The molecule has 0 spiro atoms. The van der Waals surface area contributed by atoms with Crippen LogP contribution in [0.3, 0.4) is 0 Å². The van der Waals surface area contributed by atoms with E-state index in [2.05, 4.69) is 15.6 Å². The number of carbonyl (C=O) groups is 2. The molecule has 146 valence electrons. The maximum absolute atomic E-state index is 13.0. The first kappa shape index (κ1) is 19.9. The van der Waals surface area contributed by atoms with Crippen LogP contribution in [0.5, 0.6) is 5.75 Å². The molecule has 0 saturated carbocycles. The van der Waals surface area contributed by atoms with Gasteiger partial charge in [0.2, 0.25) is 11.8 Å². The number of ether oxygens (including phenoxy) is 1. The molecule has 6 nitrogen and oxygen atoms in total. The van der Waals surface area contributed by atoms with Crippen molar-refractivity contribution in [1.82, 2.24) is 5.32 Å². The number of halogens is 1. The molecule has 0 radical (unpaired) electrons. The maximum atomic E-state index is 13.0. The van der Waals surface area contributed by atoms with Crippen molar-refractivity contribution in [2.45, 2.75) is 25.0 Å². The number of aliphatic imine (C=N–C) groups is 1. The largest absolute Gasteiger partial charge is 0.491 e. The zero-order chi connectivity index (χ0) is 19.9. The Kier molecular flexibility index (Phi) is 6.65. The normalized spacial score (nSPS) is 17.4. The molecule has 1 fully saturated rings. The molecule has 2 aromatic rings. The van der Waals surface area contributed by atoms with Gasteiger partial charge in [-0.05, 0) is 42.8 Å². The second-order valence-electron chi connectivity index (χ2n) is 6.09. The average Bonchev–Trinajstić information content (AvgIpc) is 3.01. The molecule has 8 heteroatoms. The Morgan fingerprint density at radius 2 is 2.00 bits per heavy atom. The molecule has 3 rings (SSSR count). The Balaban J connectivity index is 1.60. The number of nitrogens with zero attached hydrogens (tertiary/aromatic N) is 1. The number of rotatable bonds is 7. The molecule has 2 amide bonds. The van der Waals surface area contributed by atoms with Crippen LogP contribution in [0.15, 0.2) is 53.5 Å². The van der Waals surface area contributed by atoms with Crippen LogP contribution < -0.4 is 15.4 Å². The topological polar surface area (TPSA) is 79.8 Å². The summed E-state index contributed by atoms with van der Waals surface area (Å²) >= 11 is 1.18. The molecular weight excluding hydrogens is 381 g/mol. The maximum Gasteiger partial charge on any atom is 0.240 e. The van der Waals surface area contributed by atoms with Gasteiger partial charge in [-0.15, -0.1) is 0 Å². The van der Waals surface area contributed by atoms with E-state index >= 15 is 0 Å². The van der Waals surface area contributed by atoms with E-state index in [1.165, 1.54) is 36.0 Å². The molecule has 28 heavy (non-hydrogen) atoms. The zero-order valence-corrected chi connectivity index (χ0v) is 16.1. The predicted octanol–water partition coefficient (Wildman–Crippen LogP) is 3.86. The number of carbonyl (C=O) groups excluding carboxylic acids is 2. The molecule has 0 aromatic heterocycles. The fourth-order valence-electron chi connectivity index (χ4n) is 2.50. The lowest BCUT2D eigenvalue weighted by molar-refractivity contribution is -0.122. The molecule has 2 N–H and O–H groups in total. The Morgan fingerprint density at radius 3 is 2.75 bits per heavy atom. The van der Waals surface area contributed by atoms with Crippen LogP contribution in [-0.4, -0.2) is 28.8 Å². The summed E-state index contributed by atoms with van der Waals surface area (Å²) < 4.78 is 18.6. The van der Waals surface area contributed by atoms with Gasteiger partial charge in [-0.1, -0.05) is 30.8 Å². The van der Waals surface area contributed by atoms with E-state index in [4.69, 9.17) is 4.74 Å². The molecule has 2 aromatic carbocycles. The van der Waals surface area contributed by atoms with Crippen molar-refractivity contribution in [2.75, 3.05) is 11.9 Å². The number of benzene rings is 2. The van der Waals surface area contributed by atoms with Crippen LogP contribution in [0.2, 0.25) is 0 Å². The van der Waals surface area contributed by atoms with Gasteiger partial charge in [-0.25, -0.2) is 9.38 Å². The van der Waals surface area contributed by atoms with Gasteiger partial charge in [0.1, 0.15) is 16.8 Å². The van der Waals surface area contributed by atoms with Crippen molar-refractivity contribution in [3.05, 3.63) is 54.3 Å². The summed E-state index contributed by atoms with van der Waals surface area (Å²) in [5.41, 5.74) is 1.10. The first-order chi connectivity index (χ1) is 13.5. The minimum absolute atomic E-state index is 0.00104. The highest BCUT2D eigenvalue weighted by Crippen LogP contribution is 2.27. The van der Waals surface area contributed by atoms with Crippen LogP contribution in [0.4, 0.5) is 15.8 Å². The lowest BCUT2D eigenvalue weighted by Gasteiger charge is -2.12. The van der Waals surface area contributed by atoms with Crippen molar-refractivity contribution in [3.8, 4) is 5.75 Å². The SMILES string of the molecule is CCCOc1ccccc1NC(=O)C[C@@H]1SC(=Nc2ccc(F)cc2)NC1=O. The van der Waals surface area contributed by atoms with Crippen LogP contribution in [0.1, 0.15) is 19.8 Å². The van der Waals surface area contributed by atoms with E-state index in [9.17, 15) is 14.0 Å². The third-order valence-corrected chi connectivity index (χ3v) is 4.91. The minimum atomic E-state index is -0.581. The van der Waals surface area contributed by atoms with Gasteiger partial charge in [0, 0.05) is 6.42 Å². The number of hydrogen-bond acceptors (Lipinski definition) is 5. The summed E-state index contributed by atoms with van der Waals surface area (Å²) in [6, 6.07) is 12.8. The Morgan fingerprint density at radius 1 is 1.25 bits per heavy atom. The van der Waals surface area contributed by atoms with E-state index in [0.29, 0.717) is 28.9 Å². The monoisotopic (exact) mass is 401 g/mol. The highest BCUT2D eigenvalue weighted by molar-refractivity contribution is 8.15. The van der Waals surface area contributed by atoms with Crippen molar-refractivity contribution in [1.29, 1.82) is 0 Å². The molecule has 0 aliphatic carbocycles. The third kappa shape index (κ3) is 5.32. The highest BCUT2D eigenvalue weighted by atomic mass is 32.2. The van der Waals surface area contributed by atoms with Gasteiger partial charge in [0.05, 0.1) is 18.0 Å². The van der Waals surface area contributed by atoms with Crippen LogP contribution in [0, 0.1) is 5.82 Å². The molecule has 1 heterocycles. The van der Waals surface area contributed by atoms with Gasteiger partial charge in [0.25, 0.3) is 0 Å². The van der Waals surface area contributed by atoms with Gasteiger partial charge < -0.3 is 15.4 Å². The van der Waals surface area contributed by atoms with Gasteiger partial charge in [-0.2, -0.15) is 0 Å². The average molecular weight is 401 g/mol. The molecule has 1 atom stereocenters. The summed E-state index contributed by atoms with van der Waals surface area (Å²) in [7, 11) is 0.